The minimum atomic E-state index is -0.0774. The first-order chi connectivity index (χ1) is 9.20. The molecule has 1 aromatic heterocycles. The van der Waals surface area contributed by atoms with Crippen LogP contribution in [0.15, 0.2) is 18.5 Å². The molecule has 0 radical (unpaired) electrons. The molecular weight excluding hydrogens is 242 g/mol. The number of carbonyl (C=O) groups is 1. The third kappa shape index (κ3) is 3.67. The molecule has 2 amide bonds. The van der Waals surface area contributed by atoms with Gasteiger partial charge in [0.25, 0.3) is 0 Å². The SMILES string of the molecule is CCC(C)c1cncc(NC(=O)N2CCOCC2)c1. The number of aromatic nitrogens is 1. The van der Waals surface area contributed by atoms with Gasteiger partial charge in [-0.1, -0.05) is 13.8 Å². The van der Waals surface area contributed by atoms with Crippen LogP contribution < -0.4 is 5.32 Å². The summed E-state index contributed by atoms with van der Waals surface area (Å²) < 4.78 is 5.23. The summed E-state index contributed by atoms with van der Waals surface area (Å²) in [5.41, 5.74) is 1.91. The third-order valence-electron chi connectivity index (χ3n) is 3.49. The topological polar surface area (TPSA) is 54.5 Å². The number of hydrogen-bond acceptors (Lipinski definition) is 3. The summed E-state index contributed by atoms with van der Waals surface area (Å²) in [7, 11) is 0. The first-order valence-electron chi connectivity index (χ1n) is 6.79. The maximum absolute atomic E-state index is 12.0. The van der Waals surface area contributed by atoms with Crippen LogP contribution in [0.25, 0.3) is 0 Å². The second-order valence-corrected chi connectivity index (χ2v) is 4.85. The van der Waals surface area contributed by atoms with Crippen LogP contribution in [0, 0.1) is 0 Å². The summed E-state index contributed by atoms with van der Waals surface area (Å²) in [6.07, 6.45) is 4.60. The zero-order valence-corrected chi connectivity index (χ0v) is 11.6. The lowest BCUT2D eigenvalue weighted by molar-refractivity contribution is 0.0564. The van der Waals surface area contributed by atoms with Gasteiger partial charge >= 0.3 is 6.03 Å². The summed E-state index contributed by atoms with van der Waals surface area (Å²) in [5.74, 6) is 0.452. The highest BCUT2D eigenvalue weighted by Gasteiger charge is 2.17. The van der Waals surface area contributed by atoms with Crippen LogP contribution in [0.4, 0.5) is 10.5 Å². The van der Waals surface area contributed by atoms with Crippen molar-refractivity contribution in [3.63, 3.8) is 0 Å². The van der Waals surface area contributed by atoms with Crippen LogP contribution in [-0.4, -0.2) is 42.2 Å². The van der Waals surface area contributed by atoms with Gasteiger partial charge < -0.3 is 15.0 Å². The zero-order chi connectivity index (χ0) is 13.7. The van der Waals surface area contributed by atoms with E-state index in [1.165, 1.54) is 0 Å². The molecule has 0 bridgehead atoms. The predicted molar refractivity (Wildman–Crippen MR) is 74.4 cm³/mol. The molecule has 5 nitrogen and oxygen atoms in total. The second kappa shape index (κ2) is 6.52. The average Bonchev–Trinajstić information content (AvgIpc) is 2.47. The molecule has 0 saturated carbocycles. The van der Waals surface area contributed by atoms with Gasteiger partial charge in [0.1, 0.15) is 0 Å². The molecule has 5 heteroatoms. The maximum Gasteiger partial charge on any atom is 0.322 e. The zero-order valence-electron chi connectivity index (χ0n) is 11.6. The largest absolute Gasteiger partial charge is 0.378 e. The molecule has 1 unspecified atom stereocenters. The molecule has 0 aromatic carbocycles. The standard InChI is InChI=1S/C14H21N3O2/c1-3-11(2)12-8-13(10-15-9-12)16-14(18)17-4-6-19-7-5-17/h8-11H,3-7H2,1-2H3,(H,16,18). The number of urea groups is 1. The Labute approximate surface area is 114 Å². The van der Waals surface area contributed by atoms with Crippen molar-refractivity contribution in [3.05, 3.63) is 24.0 Å². The Morgan fingerprint density at radius 1 is 1.47 bits per heavy atom. The van der Waals surface area contributed by atoms with E-state index in [-0.39, 0.29) is 6.03 Å². The molecule has 1 aliphatic heterocycles. The van der Waals surface area contributed by atoms with Crippen LogP contribution in [0.1, 0.15) is 31.7 Å². The fraction of sp³-hybridized carbons (Fsp3) is 0.571. The molecule has 0 spiro atoms. The van der Waals surface area contributed by atoms with Gasteiger partial charge in [-0.25, -0.2) is 4.79 Å². The number of nitrogens with zero attached hydrogens (tertiary/aromatic N) is 2. The van der Waals surface area contributed by atoms with Gasteiger partial charge in [-0.05, 0) is 24.0 Å². The monoisotopic (exact) mass is 263 g/mol. The van der Waals surface area contributed by atoms with Crippen LogP contribution in [-0.2, 0) is 4.74 Å². The summed E-state index contributed by atoms with van der Waals surface area (Å²) in [6.45, 7) is 6.81. The highest BCUT2D eigenvalue weighted by Crippen LogP contribution is 2.20. The number of nitrogens with one attached hydrogen (secondary N) is 1. The summed E-state index contributed by atoms with van der Waals surface area (Å²) in [4.78, 5) is 18.0. The van der Waals surface area contributed by atoms with Crippen molar-refractivity contribution in [1.29, 1.82) is 0 Å². The van der Waals surface area contributed by atoms with Crippen molar-refractivity contribution in [2.75, 3.05) is 31.6 Å². The summed E-state index contributed by atoms with van der Waals surface area (Å²) in [5, 5.41) is 2.90. The van der Waals surface area contributed by atoms with Crippen molar-refractivity contribution in [2.45, 2.75) is 26.2 Å². The Balaban J connectivity index is 2.00. The lowest BCUT2D eigenvalue weighted by Gasteiger charge is -2.27. The van der Waals surface area contributed by atoms with E-state index in [0.717, 1.165) is 17.7 Å². The van der Waals surface area contributed by atoms with Crippen LogP contribution in [0.3, 0.4) is 0 Å². The van der Waals surface area contributed by atoms with Gasteiger partial charge in [0.15, 0.2) is 0 Å². The molecule has 104 valence electrons. The Morgan fingerprint density at radius 3 is 2.89 bits per heavy atom. The number of amides is 2. The molecule has 2 rings (SSSR count). The minimum absolute atomic E-state index is 0.0774. The Kier molecular flexibility index (Phi) is 4.74. The quantitative estimate of drug-likeness (QED) is 0.911. The predicted octanol–water partition coefficient (Wildman–Crippen LogP) is 2.46. The molecule has 1 fully saturated rings. The van der Waals surface area contributed by atoms with E-state index < -0.39 is 0 Å². The van der Waals surface area contributed by atoms with Gasteiger partial charge in [0.05, 0.1) is 25.1 Å². The first kappa shape index (κ1) is 13.8. The second-order valence-electron chi connectivity index (χ2n) is 4.85. The van der Waals surface area contributed by atoms with E-state index in [1.54, 1.807) is 11.1 Å². The van der Waals surface area contributed by atoms with Crippen LogP contribution >= 0.6 is 0 Å². The Hall–Kier alpha value is -1.62. The number of carbonyl (C=O) groups excluding carboxylic acids is 1. The number of morpholine rings is 1. The van der Waals surface area contributed by atoms with Crippen LogP contribution in [0.5, 0.6) is 0 Å². The molecule has 1 atom stereocenters. The molecule has 19 heavy (non-hydrogen) atoms. The Bertz CT molecular complexity index is 430. The molecule has 1 saturated heterocycles. The number of hydrogen-bond donors (Lipinski definition) is 1. The number of rotatable bonds is 3. The summed E-state index contributed by atoms with van der Waals surface area (Å²) in [6, 6.07) is 1.92. The first-order valence-corrected chi connectivity index (χ1v) is 6.79. The van der Waals surface area contributed by atoms with E-state index in [1.807, 2.05) is 12.3 Å². The molecule has 1 N–H and O–H groups in total. The lowest BCUT2D eigenvalue weighted by Crippen LogP contribution is -2.43. The maximum atomic E-state index is 12.0. The van der Waals surface area contributed by atoms with Crippen molar-refractivity contribution in [1.82, 2.24) is 9.88 Å². The highest BCUT2D eigenvalue weighted by molar-refractivity contribution is 5.89. The van der Waals surface area contributed by atoms with Gasteiger partial charge in [-0.15, -0.1) is 0 Å². The summed E-state index contributed by atoms with van der Waals surface area (Å²) >= 11 is 0. The van der Waals surface area contributed by atoms with Crippen LogP contribution in [0.2, 0.25) is 0 Å². The average molecular weight is 263 g/mol. The van der Waals surface area contributed by atoms with Crippen molar-refractivity contribution < 1.29 is 9.53 Å². The minimum Gasteiger partial charge on any atom is -0.378 e. The van der Waals surface area contributed by atoms with Gasteiger partial charge in [-0.3, -0.25) is 4.98 Å². The fourth-order valence-corrected chi connectivity index (χ4v) is 2.00. The molecule has 0 aliphatic carbocycles. The number of pyridine rings is 1. The van der Waals surface area contributed by atoms with Gasteiger partial charge in [0, 0.05) is 19.3 Å². The molecular formula is C14H21N3O2. The van der Waals surface area contributed by atoms with E-state index in [4.69, 9.17) is 4.74 Å². The molecule has 1 aliphatic rings. The van der Waals surface area contributed by atoms with Crippen molar-refractivity contribution in [3.8, 4) is 0 Å². The van der Waals surface area contributed by atoms with E-state index in [2.05, 4.69) is 24.1 Å². The van der Waals surface area contributed by atoms with Crippen molar-refractivity contribution in [2.24, 2.45) is 0 Å². The number of anilines is 1. The number of ether oxygens (including phenoxy) is 1. The molecule has 1 aromatic rings. The van der Waals surface area contributed by atoms with E-state index in [9.17, 15) is 4.79 Å². The van der Waals surface area contributed by atoms with Crippen molar-refractivity contribution >= 4 is 11.7 Å². The molecule has 2 heterocycles. The smallest absolute Gasteiger partial charge is 0.322 e. The highest BCUT2D eigenvalue weighted by atomic mass is 16.5. The lowest BCUT2D eigenvalue weighted by atomic mass is 10.0. The van der Waals surface area contributed by atoms with E-state index >= 15 is 0 Å². The Morgan fingerprint density at radius 2 is 2.21 bits per heavy atom. The fourth-order valence-electron chi connectivity index (χ4n) is 2.00. The van der Waals surface area contributed by atoms with E-state index in [0.29, 0.717) is 32.2 Å². The van der Waals surface area contributed by atoms with Gasteiger partial charge in [0.2, 0.25) is 0 Å². The normalized spacial score (nSPS) is 17.1. The van der Waals surface area contributed by atoms with Gasteiger partial charge in [-0.2, -0.15) is 0 Å². The third-order valence-corrected chi connectivity index (χ3v) is 3.49.